The fourth-order valence-corrected chi connectivity index (χ4v) is 2.13. The third-order valence-corrected chi connectivity index (χ3v) is 3.16. The molecule has 0 atom stereocenters. The Hall–Kier alpha value is -1.11. The number of carbonyl (C=O) groups is 1. The van der Waals surface area contributed by atoms with E-state index in [4.69, 9.17) is 0 Å². The van der Waals surface area contributed by atoms with Gasteiger partial charge in [0.1, 0.15) is 5.78 Å². The van der Waals surface area contributed by atoms with Crippen LogP contribution in [-0.4, -0.2) is 5.78 Å². The van der Waals surface area contributed by atoms with Crippen molar-refractivity contribution in [3.05, 3.63) is 34.9 Å². The Kier molecular flexibility index (Phi) is 4.92. The lowest BCUT2D eigenvalue weighted by atomic mass is 9.88. The maximum atomic E-state index is 11.0. The van der Waals surface area contributed by atoms with E-state index in [0.717, 1.165) is 6.42 Å². The largest absolute Gasteiger partial charge is 0.300 e. The summed E-state index contributed by atoms with van der Waals surface area (Å²) in [5.41, 5.74) is 4.15. The Labute approximate surface area is 105 Å². The lowest BCUT2D eigenvalue weighted by Gasteiger charge is -2.17. The first kappa shape index (κ1) is 14.0. The van der Waals surface area contributed by atoms with E-state index in [2.05, 4.69) is 45.9 Å². The van der Waals surface area contributed by atoms with Crippen LogP contribution in [0.1, 0.15) is 69.6 Å². The van der Waals surface area contributed by atoms with E-state index in [-0.39, 0.29) is 5.78 Å². The number of rotatable bonds is 5. The molecule has 0 heterocycles. The lowest BCUT2D eigenvalue weighted by Crippen LogP contribution is -2.01. The van der Waals surface area contributed by atoms with E-state index in [0.29, 0.717) is 18.3 Å². The van der Waals surface area contributed by atoms with Gasteiger partial charge in [-0.25, -0.2) is 0 Å². The van der Waals surface area contributed by atoms with Crippen LogP contribution in [0.4, 0.5) is 0 Å². The molecule has 0 spiro atoms. The molecular formula is C16H24O. The highest BCUT2D eigenvalue weighted by Gasteiger charge is 2.10. The van der Waals surface area contributed by atoms with Crippen molar-refractivity contribution in [3.8, 4) is 0 Å². The van der Waals surface area contributed by atoms with Gasteiger partial charge in [0.15, 0.2) is 0 Å². The minimum atomic E-state index is 0.268. The Morgan fingerprint density at radius 2 is 1.65 bits per heavy atom. The molecule has 1 aromatic rings. The van der Waals surface area contributed by atoms with Crippen LogP contribution in [0.25, 0.3) is 0 Å². The van der Waals surface area contributed by atoms with Crippen LogP contribution in [-0.2, 0) is 11.2 Å². The van der Waals surface area contributed by atoms with Crippen molar-refractivity contribution in [3.63, 3.8) is 0 Å². The van der Waals surface area contributed by atoms with Crippen LogP contribution in [0.15, 0.2) is 18.2 Å². The maximum absolute atomic E-state index is 11.0. The second kappa shape index (κ2) is 6.00. The normalized spacial score (nSPS) is 11.2. The predicted octanol–water partition coefficient (Wildman–Crippen LogP) is 4.46. The number of benzene rings is 1. The summed E-state index contributed by atoms with van der Waals surface area (Å²) in [4.78, 5) is 11.0. The van der Waals surface area contributed by atoms with Crippen molar-refractivity contribution in [2.45, 2.75) is 59.3 Å². The highest BCUT2D eigenvalue weighted by atomic mass is 16.1. The highest BCUT2D eigenvalue weighted by Crippen LogP contribution is 2.27. The monoisotopic (exact) mass is 232 g/mol. The van der Waals surface area contributed by atoms with Gasteiger partial charge in [-0.3, -0.25) is 0 Å². The molecule has 94 valence electrons. The van der Waals surface area contributed by atoms with Gasteiger partial charge in [0.2, 0.25) is 0 Å². The molecule has 0 aromatic heterocycles. The lowest BCUT2D eigenvalue weighted by molar-refractivity contribution is -0.116. The number of ketones is 1. The van der Waals surface area contributed by atoms with E-state index in [1.165, 1.54) is 16.7 Å². The summed E-state index contributed by atoms with van der Waals surface area (Å²) in [6.45, 7) is 10.6. The highest BCUT2D eigenvalue weighted by molar-refractivity contribution is 5.75. The van der Waals surface area contributed by atoms with E-state index >= 15 is 0 Å². The summed E-state index contributed by atoms with van der Waals surface area (Å²) in [5, 5.41) is 0. The Balaban J connectivity index is 2.97. The first-order valence-corrected chi connectivity index (χ1v) is 6.54. The van der Waals surface area contributed by atoms with Crippen molar-refractivity contribution in [1.82, 2.24) is 0 Å². The molecule has 0 saturated heterocycles. The molecule has 0 aliphatic carbocycles. The van der Waals surface area contributed by atoms with Gasteiger partial charge in [0.05, 0.1) is 0 Å². The maximum Gasteiger partial charge on any atom is 0.130 e. The van der Waals surface area contributed by atoms with Gasteiger partial charge in [-0.2, -0.15) is 0 Å². The summed E-state index contributed by atoms with van der Waals surface area (Å²) in [6, 6.07) is 6.68. The second-order valence-corrected chi connectivity index (χ2v) is 5.47. The summed E-state index contributed by atoms with van der Waals surface area (Å²) in [5.74, 6) is 1.38. The molecule has 0 unspecified atom stereocenters. The van der Waals surface area contributed by atoms with Crippen LogP contribution in [0.5, 0.6) is 0 Å². The third-order valence-electron chi connectivity index (χ3n) is 3.16. The number of aryl methyl sites for hydroxylation is 1. The zero-order valence-electron chi connectivity index (χ0n) is 11.7. The number of hydrogen-bond acceptors (Lipinski definition) is 1. The number of carbonyl (C=O) groups excluding carboxylic acids is 1. The molecule has 1 heteroatoms. The standard InChI is InChI=1S/C16H24O/c1-11(2)15-9-8-14(7-6-13(5)17)10-16(15)12(3)4/h8-12H,6-7H2,1-5H3. The Morgan fingerprint density at radius 1 is 1.06 bits per heavy atom. The van der Waals surface area contributed by atoms with Crippen molar-refractivity contribution in [2.75, 3.05) is 0 Å². The van der Waals surface area contributed by atoms with E-state index in [1.807, 2.05) is 0 Å². The zero-order chi connectivity index (χ0) is 13.0. The van der Waals surface area contributed by atoms with Gasteiger partial charge in [-0.1, -0.05) is 45.9 Å². The smallest absolute Gasteiger partial charge is 0.130 e. The molecule has 0 amide bonds. The predicted molar refractivity (Wildman–Crippen MR) is 73.6 cm³/mol. The molecule has 17 heavy (non-hydrogen) atoms. The van der Waals surface area contributed by atoms with Crippen LogP contribution >= 0.6 is 0 Å². The molecule has 0 saturated carbocycles. The average molecular weight is 232 g/mol. The van der Waals surface area contributed by atoms with Crippen molar-refractivity contribution >= 4 is 5.78 Å². The second-order valence-electron chi connectivity index (χ2n) is 5.47. The van der Waals surface area contributed by atoms with E-state index < -0.39 is 0 Å². The minimum absolute atomic E-state index is 0.268. The van der Waals surface area contributed by atoms with Gasteiger partial charge in [0, 0.05) is 6.42 Å². The summed E-state index contributed by atoms with van der Waals surface area (Å²) >= 11 is 0. The van der Waals surface area contributed by atoms with Crippen molar-refractivity contribution < 1.29 is 4.79 Å². The van der Waals surface area contributed by atoms with Crippen LogP contribution in [0.2, 0.25) is 0 Å². The molecule has 1 nitrogen and oxygen atoms in total. The molecule has 0 bridgehead atoms. The van der Waals surface area contributed by atoms with Gasteiger partial charge in [0.25, 0.3) is 0 Å². The Bertz CT molecular complexity index is 389. The van der Waals surface area contributed by atoms with Gasteiger partial charge in [-0.15, -0.1) is 0 Å². The first-order valence-electron chi connectivity index (χ1n) is 6.54. The topological polar surface area (TPSA) is 17.1 Å². The van der Waals surface area contributed by atoms with Crippen LogP contribution in [0.3, 0.4) is 0 Å². The van der Waals surface area contributed by atoms with Crippen molar-refractivity contribution in [1.29, 1.82) is 0 Å². The van der Waals surface area contributed by atoms with E-state index in [9.17, 15) is 4.79 Å². The minimum Gasteiger partial charge on any atom is -0.300 e. The molecule has 0 radical (unpaired) electrons. The van der Waals surface area contributed by atoms with Crippen LogP contribution in [0, 0.1) is 0 Å². The quantitative estimate of drug-likeness (QED) is 0.732. The fraction of sp³-hybridized carbons (Fsp3) is 0.562. The van der Waals surface area contributed by atoms with Gasteiger partial charge >= 0.3 is 0 Å². The fourth-order valence-electron chi connectivity index (χ4n) is 2.13. The Morgan fingerprint density at radius 3 is 2.12 bits per heavy atom. The molecule has 1 rings (SSSR count). The molecular weight excluding hydrogens is 208 g/mol. The molecule has 0 N–H and O–H groups in total. The van der Waals surface area contributed by atoms with E-state index in [1.54, 1.807) is 6.92 Å². The van der Waals surface area contributed by atoms with Gasteiger partial charge in [-0.05, 0) is 41.9 Å². The number of hydrogen-bond donors (Lipinski definition) is 0. The van der Waals surface area contributed by atoms with Gasteiger partial charge < -0.3 is 4.79 Å². The van der Waals surface area contributed by atoms with Crippen molar-refractivity contribution in [2.24, 2.45) is 0 Å². The first-order chi connectivity index (χ1) is 7.91. The number of Topliss-reactive ketones (excluding diaryl/α,β-unsaturated/α-hetero) is 1. The average Bonchev–Trinajstić information content (AvgIpc) is 2.25. The third kappa shape index (κ3) is 3.99. The summed E-state index contributed by atoms with van der Waals surface area (Å²) < 4.78 is 0. The molecule has 1 aromatic carbocycles. The molecule has 0 aliphatic heterocycles. The van der Waals surface area contributed by atoms with Crippen LogP contribution < -0.4 is 0 Å². The molecule has 0 fully saturated rings. The zero-order valence-corrected chi connectivity index (χ0v) is 11.7. The summed E-state index contributed by atoms with van der Waals surface area (Å²) in [6.07, 6.45) is 1.52. The SMILES string of the molecule is CC(=O)CCc1ccc(C(C)C)c(C(C)C)c1. The summed E-state index contributed by atoms with van der Waals surface area (Å²) in [7, 11) is 0. The molecule has 0 aliphatic rings.